The van der Waals surface area contributed by atoms with E-state index >= 15 is 0 Å². The molecule has 0 saturated carbocycles. The van der Waals surface area contributed by atoms with E-state index < -0.39 is 5.54 Å². The maximum Gasteiger partial charge on any atom is 0.255 e. The summed E-state index contributed by atoms with van der Waals surface area (Å²) >= 11 is 0. The van der Waals surface area contributed by atoms with Crippen LogP contribution in [0.1, 0.15) is 46.5 Å². The first-order valence-electron chi connectivity index (χ1n) is 8.74. The van der Waals surface area contributed by atoms with Crippen molar-refractivity contribution in [3.05, 3.63) is 71.8 Å². The predicted octanol–water partition coefficient (Wildman–Crippen LogP) is 4.22. The molecule has 0 N–H and O–H groups in total. The van der Waals surface area contributed by atoms with Crippen molar-refractivity contribution >= 4 is 17.3 Å². The summed E-state index contributed by atoms with van der Waals surface area (Å²) < 4.78 is 5.20. The molecule has 1 amide bonds. The van der Waals surface area contributed by atoms with Gasteiger partial charge in [-0.05, 0) is 42.7 Å². The van der Waals surface area contributed by atoms with E-state index in [1.54, 1.807) is 43.2 Å². The molecule has 2 aromatic rings. The van der Waals surface area contributed by atoms with E-state index in [0.717, 1.165) is 17.7 Å². The van der Waals surface area contributed by atoms with Crippen molar-refractivity contribution in [1.82, 2.24) is 4.90 Å². The number of carbonyl (C=O) groups excluding carboxylic acids is 2. The standard InChI is InChI=1S/C22H23NO3/c1-5-14-23-21(25)19-9-7-6-8-18(19)20(24)22(23,3)15(2)16-10-12-17(26-4)13-11-16/h6-13H,2,5,14H2,1,3-4H3. The van der Waals surface area contributed by atoms with Crippen LogP contribution in [0.4, 0.5) is 0 Å². The van der Waals surface area contributed by atoms with Crippen molar-refractivity contribution in [3.8, 4) is 5.75 Å². The number of carbonyl (C=O) groups is 2. The second-order valence-corrected chi connectivity index (χ2v) is 6.61. The monoisotopic (exact) mass is 349 g/mol. The van der Waals surface area contributed by atoms with Crippen LogP contribution in [0, 0.1) is 0 Å². The number of rotatable bonds is 5. The normalized spacial score (nSPS) is 19.3. The van der Waals surface area contributed by atoms with E-state index in [4.69, 9.17) is 4.74 Å². The van der Waals surface area contributed by atoms with E-state index in [-0.39, 0.29) is 11.7 Å². The summed E-state index contributed by atoms with van der Waals surface area (Å²) in [6.45, 7) is 8.49. The molecule has 0 spiro atoms. The van der Waals surface area contributed by atoms with Crippen LogP contribution >= 0.6 is 0 Å². The molecule has 26 heavy (non-hydrogen) atoms. The molecule has 3 rings (SSSR count). The van der Waals surface area contributed by atoms with Gasteiger partial charge in [-0.2, -0.15) is 0 Å². The highest BCUT2D eigenvalue weighted by molar-refractivity contribution is 6.21. The van der Waals surface area contributed by atoms with Gasteiger partial charge in [-0.3, -0.25) is 9.59 Å². The van der Waals surface area contributed by atoms with Gasteiger partial charge in [0.2, 0.25) is 0 Å². The molecular formula is C22H23NO3. The average Bonchev–Trinajstić information content (AvgIpc) is 2.69. The van der Waals surface area contributed by atoms with E-state index in [9.17, 15) is 9.59 Å². The Bertz CT molecular complexity index is 869. The van der Waals surface area contributed by atoms with Crippen molar-refractivity contribution in [2.24, 2.45) is 0 Å². The largest absolute Gasteiger partial charge is 0.497 e. The number of ketones is 1. The Morgan fingerprint density at radius 2 is 1.69 bits per heavy atom. The van der Waals surface area contributed by atoms with Crippen molar-refractivity contribution in [1.29, 1.82) is 0 Å². The van der Waals surface area contributed by atoms with Gasteiger partial charge in [0, 0.05) is 12.1 Å². The van der Waals surface area contributed by atoms with Crippen LogP contribution in [0.15, 0.2) is 55.1 Å². The van der Waals surface area contributed by atoms with Gasteiger partial charge in [0.15, 0.2) is 5.78 Å². The molecule has 4 nitrogen and oxygen atoms in total. The molecule has 0 aliphatic carbocycles. The Balaban J connectivity index is 2.13. The molecule has 1 aliphatic heterocycles. The molecule has 134 valence electrons. The van der Waals surface area contributed by atoms with Crippen molar-refractivity contribution in [3.63, 3.8) is 0 Å². The van der Waals surface area contributed by atoms with E-state index in [1.807, 2.05) is 31.2 Å². The Kier molecular flexibility index (Phi) is 4.68. The van der Waals surface area contributed by atoms with E-state index in [2.05, 4.69) is 6.58 Å². The third-order valence-electron chi connectivity index (χ3n) is 5.10. The summed E-state index contributed by atoms with van der Waals surface area (Å²) in [5.41, 5.74) is 1.24. The summed E-state index contributed by atoms with van der Waals surface area (Å²) in [5, 5.41) is 0. The fraction of sp³-hybridized carbons (Fsp3) is 0.273. The number of nitrogens with zero attached hydrogens (tertiary/aromatic N) is 1. The molecule has 4 heteroatoms. The Hall–Kier alpha value is -2.88. The highest BCUT2D eigenvalue weighted by Crippen LogP contribution is 2.40. The number of fused-ring (bicyclic) bond motifs is 1. The summed E-state index contributed by atoms with van der Waals surface area (Å²) in [6.07, 6.45) is 0.757. The Morgan fingerprint density at radius 3 is 2.27 bits per heavy atom. The molecule has 1 aliphatic rings. The smallest absolute Gasteiger partial charge is 0.255 e. The van der Waals surface area contributed by atoms with Crippen molar-refractivity contribution in [2.75, 3.05) is 13.7 Å². The fourth-order valence-corrected chi connectivity index (χ4v) is 3.52. The predicted molar refractivity (Wildman–Crippen MR) is 103 cm³/mol. The first kappa shape index (κ1) is 17.9. The SMILES string of the molecule is C=C(c1ccc(OC)cc1)C1(C)C(=O)c2ccccc2C(=O)N1CCC. The molecule has 0 bridgehead atoms. The summed E-state index contributed by atoms with van der Waals surface area (Å²) in [4.78, 5) is 28.2. The van der Waals surface area contributed by atoms with Gasteiger partial charge in [-0.15, -0.1) is 0 Å². The van der Waals surface area contributed by atoms with Crippen LogP contribution in [0.25, 0.3) is 5.57 Å². The zero-order valence-corrected chi connectivity index (χ0v) is 15.4. The number of Topliss-reactive ketones (excluding diaryl/α,β-unsaturated/α-hetero) is 1. The molecule has 2 aromatic carbocycles. The van der Waals surface area contributed by atoms with Gasteiger partial charge >= 0.3 is 0 Å². The fourth-order valence-electron chi connectivity index (χ4n) is 3.52. The second-order valence-electron chi connectivity index (χ2n) is 6.61. The highest BCUT2D eigenvalue weighted by atomic mass is 16.5. The Morgan fingerprint density at radius 1 is 1.08 bits per heavy atom. The lowest BCUT2D eigenvalue weighted by molar-refractivity contribution is 0.0506. The van der Waals surface area contributed by atoms with Gasteiger partial charge in [0.1, 0.15) is 11.3 Å². The maximum atomic E-state index is 13.4. The summed E-state index contributed by atoms with van der Waals surface area (Å²) in [7, 11) is 1.61. The number of benzene rings is 2. The number of amides is 1. The molecular weight excluding hydrogens is 326 g/mol. The van der Waals surface area contributed by atoms with Crippen molar-refractivity contribution < 1.29 is 14.3 Å². The number of methoxy groups -OCH3 is 1. The van der Waals surface area contributed by atoms with E-state index in [1.165, 1.54) is 0 Å². The lowest BCUT2D eigenvalue weighted by Crippen LogP contribution is -2.59. The first-order valence-corrected chi connectivity index (χ1v) is 8.74. The third kappa shape index (κ3) is 2.62. The van der Waals surface area contributed by atoms with Crippen LogP contribution in [0.5, 0.6) is 5.75 Å². The zero-order chi connectivity index (χ0) is 18.9. The highest BCUT2D eigenvalue weighted by Gasteiger charge is 2.49. The lowest BCUT2D eigenvalue weighted by atomic mass is 9.75. The second kappa shape index (κ2) is 6.79. The van der Waals surface area contributed by atoms with Crippen LogP contribution in [0.3, 0.4) is 0 Å². The van der Waals surface area contributed by atoms with Crippen molar-refractivity contribution in [2.45, 2.75) is 25.8 Å². The number of hydrogen-bond donors (Lipinski definition) is 0. The minimum Gasteiger partial charge on any atom is -0.497 e. The summed E-state index contributed by atoms with van der Waals surface area (Å²) in [5.74, 6) is 0.509. The molecule has 0 saturated heterocycles. The first-order chi connectivity index (χ1) is 12.4. The molecule has 0 fully saturated rings. The average molecular weight is 349 g/mol. The lowest BCUT2D eigenvalue weighted by Gasteiger charge is -2.45. The van der Waals surface area contributed by atoms with Gasteiger partial charge in [0.25, 0.3) is 5.91 Å². The minimum absolute atomic E-state index is 0.0954. The number of hydrogen-bond acceptors (Lipinski definition) is 3. The number of ether oxygens (including phenoxy) is 1. The van der Waals surface area contributed by atoms with Gasteiger partial charge in [0.05, 0.1) is 12.7 Å². The topological polar surface area (TPSA) is 46.6 Å². The third-order valence-corrected chi connectivity index (χ3v) is 5.10. The molecule has 0 aromatic heterocycles. The van der Waals surface area contributed by atoms with Crippen LogP contribution in [-0.4, -0.2) is 35.8 Å². The van der Waals surface area contributed by atoms with Gasteiger partial charge < -0.3 is 9.64 Å². The maximum absolute atomic E-state index is 13.4. The zero-order valence-electron chi connectivity index (χ0n) is 15.4. The molecule has 0 radical (unpaired) electrons. The van der Waals surface area contributed by atoms with E-state index in [0.29, 0.717) is 23.2 Å². The summed E-state index contributed by atoms with van der Waals surface area (Å²) in [6, 6.07) is 14.4. The van der Waals surface area contributed by atoms with Crippen LogP contribution in [0.2, 0.25) is 0 Å². The molecule has 1 heterocycles. The Labute approximate surface area is 154 Å². The molecule has 1 unspecified atom stereocenters. The van der Waals surface area contributed by atoms with Crippen LogP contribution < -0.4 is 4.74 Å². The quantitative estimate of drug-likeness (QED) is 0.812. The van der Waals surface area contributed by atoms with Gasteiger partial charge in [-0.25, -0.2) is 0 Å². The molecule has 1 atom stereocenters. The minimum atomic E-state index is -1.12. The van der Waals surface area contributed by atoms with Crippen LogP contribution in [-0.2, 0) is 0 Å². The van der Waals surface area contributed by atoms with Gasteiger partial charge in [-0.1, -0.05) is 43.8 Å².